The summed E-state index contributed by atoms with van der Waals surface area (Å²) >= 11 is 0. The summed E-state index contributed by atoms with van der Waals surface area (Å²) in [6.07, 6.45) is 4.41. The van der Waals surface area contributed by atoms with Crippen LogP contribution in [0.1, 0.15) is 44.2 Å². The smallest absolute Gasteiger partial charge is 0.159 e. The van der Waals surface area contributed by atoms with Crippen molar-refractivity contribution in [3.63, 3.8) is 0 Å². The van der Waals surface area contributed by atoms with E-state index < -0.39 is 11.6 Å². The second kappa shape index (κ2) is 7.14. The average Bonchev–Trinajstić information content (AvgIpc) is 2.64. The van der Waals surface area contributed by atoms with Crippen LogP contribution in [0.25, 0.3) is 0 Å². The van der Waals surface area contributed by atoms with Gasteiger partial charge in [0.2, 0.25) is 0 Å². The molecule has 0 spiro atoms. The molecule has 0 aromatic heterocycles. The highest BCUT2D eigenvalue weighted by atomic mass is 19.2. The number of nitrogens with zero attached hydrogens (tertiary/aromatic N) is 1. The molecule has 1 fully saturated rings. The van der Waals surface area contributed by atoms with Crippen molar-refractivity contribution in [1.82, 2.24) is 4.90 Å². The standard InChI is InChI=1S/C16H24F2N2/c1-2-8-20-9-4-3-5-13(11-19)16(20)12-6-7-14(17)15(18)10-12/h6-7,10,13,16H,2-5,8-9,11,19H2,1H3. The van der Waals surface area contributed by atoms with E-state index in [1.54, 1.807) is 6.07 Å². The molecule has 4 heteroatoms. The molecule has 20 heavy (non-hydrogen) atoms. The van der Waals surface area contributed by atoms with Gasteiger partial charge in [0.15, 0.2) is 11.6 Å². The van der Waals surface area contributed by atoms with Crippen LogP contribution in [0, 0.1) is 17.6 Å². The molecule has 1 heterocycles. The molecular weight excluding hydrogens is 258 g/mol. The summed E-state index contributed by atoms with van der Waals surface area (Å²) in [6.45, 7) is 4.71. The Morgan fingerprint density at radius 2 is 2.05 bits per heavy atom. The van der Waals surface area contributed by atoms with Crippen LogP contribution in [-0.2, 0) is 0 Å². The highest BCUT2D eigenvalue weighted by molar-refractivity contribution is 5.22. The number of hydrogen-bond donors (Lipinski definition) is 1. The lowest BCUT2D eigenvalue weighted by Crippen LogP contribution is -2.36. The Balaban J connectivity index is 2.34. The van der Waals surface area contributed by atoms with E-state index in [-0.39, 0.29) is 6.04 Å². The van der Waals surface area contributed by atoms with Crippen molar-refractivity contribution in [2.24, 2.45) is 11.7 Å². The number of rotatable bonds is 4. The second-order valence-corrected chi connectivity index (χ2v) is 5.65. The zero-order chi connectivity index (χ0) is 14.5. The lowest BCUT2D eigenvalue weighted by atomic mass is 9.89. The fourth-order valence-corrected chi connectivity index (χ4v) is 3.28. The maximum Gasteiger partial charge on any atom is 0.159 e. The van der Waals surface area contributed by atoms with E-state index in [0.717, 1.165) is 44.3 Å². The normalized spacial score (nSPS) is 24.6. The molecule has 0 aliphatic carbocycles. The van der Waals surface area contributed by atoms with Gasteiger partial charge in [0.25, 0.3) is 0 Å². The van der Waals surface area contributed by atoms with Crippen molar-refractivity contribution in [2.45, 2.75) is 38.6 Å². The fourth-order valence-electron chi connectivity index (χ4n) is 3.28. The molecule has 2 nitrogen and oxygen atoms in total. The third-order valence-corrected chi connectivity index (χ3v) is 4.21. The molecule has 0 radical (unpaired) electrons. The Kier molecular flexibility index (Phi) is 5.49. The first kappa shape index (κ1) is 15.4. The Labute approximate surface area is 120 Å². The number of likely N-dealkylation sites (tertiary alicyclic amines) is 1. The zero-order valence-corrected chi connectivity index (χ0v) is 12.1. The molecule has 2 rings (SSSR count). The minimum atomic E-state index is -0.784. The molecule has 0 bridgehead atoms. The summed E-state index contributed by atoms with van der Waals surface area (Å²) in [7, 11) is 0. The minimum Gasteiger partial charge on any atom is -0.330 e. The van der Waals surface area contributed by atoms with Gasteiger partial charge in [-0.1, -0.05) is 19.4 Å². The SMILES string of the molecule is CCCN1CCCCC(CN)C1c1ccc(F)c(F)c1. The number of hydrogen-bond acceptors (Lipinski definition) is 2. The van der Waals surface area contributed by atoms with Crippen molar-refractivity contribution in [1.29, 1.82) is 0 Å². The highest BCUT2D eigenvalue weighted by Gasteiger charge is 2.30. The lowest BCUT2D eigenvalue weighted by Gasteiger charge is -2.35. The van der Waals surface area contributed by atoms with Gasteiger partial charge < -0.3 is 5.73 Å². The van der Waals surface area contributed by atoms with Crippen molar-refractivity contribution in [3.05, 3.63) is 35.4 Å². The topological polar surface area (TPSA) is 29.3 Å². The van der Waals surface area contributed by atoms with Crippen molar-refractivity contribution >= 4 is 0 Å². The van der Waals surface area contributed by atoms with Crippen LogP contribution in [0.3, 0.4) is 0 Å². The van der Waals surface area contributed by atoms with E-state index in [1.165, 1.54) is 12.1 Å². The highest BCUT2D eigenvalue weighted by Crippen LogP contribution is 2.35. The Bertz CT molecular complexity index is 436. The molecule has 112 valence electrons. The van der Waals surface area contributed by atoms with Gasteiger partial charge in [0, 0.05) is 6.04 Å². The van der Waals surface area contributed by atoms with Gasteiger partial charge in [0.05, 0.1) is 0 Å². The quantitative estimate of drug-likeness (QED) is 0.916. The monoisotopic (exact) mass is 282 g/mol. The van der Waals surface area contributed by atoms with Gasteiger partial charge in [-0.2, -0.15) is 0 Å². The molecule has 1 aromatic carbocycles. The van der Waals surface area contributed by atoms with Gasteiger partial charge >= 0.3 is 0 Å². The molecule has 0 saturated carbocycles. The second-order valence-electron chi connectivity index (χ2n) is 5.65. The van der Waals surface area contributed by atoms with Crippen LogP contribution in [0.2, 0.25) is 0 Å². The molecule has 1 aromatic rings. The Hall–Kier alpha value is -1.00. The van der Waals surface area contributed by atoms with Crippen LogP contribution in [0.4, 0.5) is 8.78 Å². The van der Waals surface area contributed by atoms with Gasteiger partial charge in [-0.15, -0.1) is 0 Å². The van der Waals surface area contributed by atoms with E-state index in [9.17, 15) is 8.78 Å². The Morgan fingerprint density at radius 1 is 1.25 bits per heavy atom. The maximum absolute atomic E-state index is 13.6. The molecule has 2 atom stereocenters. The lowest BCUT2D eigenvalue weighted by molar-refractivity contribution is 0.158. The van der Waals surface area contributed by atoms with Crippen molar-refractivity contribution in [3.8, 4) is 0 Å². The average molecular weight is 282 g/mol. The number of halogens is 2. The largest absolute Gasteiger partial charge is 0.330 e. The molecular formula is C16H24F2N2. The summed E-state index contributed by atoms with van der Waals surface area (Å²) in [5.74, 6) is -1.23. The number of benzene rings is 1. The van der Waals surface area contributed by atoms with Gasteiger partial charge in [-0.3, -0.25) is 4.90 Å². The van der Waals surface area contributed by atoms with E-state index in [1.807, 2.05) is 0 Å². The van der Waals surface area contributed by atoms with Crippen molar-refractivity contribution < 1.29 is 8.78 Å². The summed E-state index contributed by atoms with van der Waals surface area (Å²) in [5.41, 5.74) is 6.79. The third-order valence-electron chi connectivity index (χ3n) is 4.21. The van der Waals surface area contributed by atoms with E-state index >= 15 is 0 Å². The summed E-state index contributed by atoms with van der Waals surface area (Å²) < 4.78 is 26.7. The summed E-state index contributed by atoms with van der Waals surface area (Å²) in [5, 5.41) is 0. The summed E-state index contributed by atoms with van der Waals surface area (Å²) in [4.78, 5) is 2.39. The summed E-state index contributed by atoms with van der Waals surface area (Å²) in [6, 6.07) is 4.39. The van der Waals surface area contributed by atoms with Crippen LogP contribution < -0.4 is 5.73 Å². The first-order chi connectivity index (χ1) is 9.67. The zero-order valence-electron chi connectivity index (χ0n) is 12.1. The number of nitrogens with two attached hydrogens (primary N) is 1. The van der Waals surface area contributed by atoms with Crippen LogP contribution in [0.5, 0.6) is 0 Å². The fraction of sp³-hybridized carbons (Fsp3) is 0.625. The van der Waals surface area contributed by atoms with Crippen LogP contribution >= 0.6 is 0 Å². The molecule has 2 unspecified atom stereocenters. The van der Waals surface area contributed by atoms with E-state index in [0.29, 0.717) is 12.5 Å². The predicted octanol–water partition coefficient (Wildman–Crippen LogP) is 3.48. The molecule has 1 aliphatic rings. The van der Waals surface area contributed by atoms with E-state index in [2.05, 4.69) is 11.8 Å². The van der Waals surface area contributed by atoms with Gasteiger partial charge in [-0.25, -0.2) is 8.78 Å². The predicted molar refractivity (Wildman–Crippen MR) is 77.4 cm³/mol. The Morgan fingerprint density at radius 3 is 2.70 bits per heavy atom. The van der Waals surface area contributed by atoms with Gasteiger partial charge in [-0.05, 0) is 62.5 Å². The van der Waals surface area contributed by atoms with E-state index in [4.69, 9.17) is 5.73 Å². The first-order valence-corrected chi connectivity index (χ1v) is 7.56. The van der Waals surface area contributed by atoms with Gasteiger partial charge in [0.1, 0.15) is 0 Å². The minimum absolute atomic E-state index is 0.109. The molecule has 1 aliphatic heterocycles. The van der Waals surface area contributed by atoms with Crippen LogP contribution in [0.15, 0.2) is 18.2 Å². The maximum atomic E-state index is 13.6. The molecule has 0 amide bonds. The molecule has 1 saturated heterocycles. The molecule has 2 N–H and O–H groups in total. The third kappa shape index (κ3) is 3.36. The first-order valence-electron chi connectivity index (χ1n) is 7.56. The van der Waals surface area contributed by atoms with Crippen LogP contribution in [-0.4, -0.2) is 24.5 Å². The van der Waals surface area contributed by atoms with Crippen molar-refractivity contribution in [2.75, 3.05) is 19.6 Å².